The largest absolute Gasteiger partial charge is 0.0990 e. The lowest BCUT2D eigenvalue weighted by molar-refractivity contribution is 0.899. The first-order valence-corrected chi connectivity index (χ1v) is 11.8. The molecule has 24 heavy (non-hydrogen) atoms. The van der Waals surface area contributed by atoms with Crippen LogP contribution in [0.1, 0.15) is 32.6 Å². The van der Waals surface area contributed by atoms with Crippen LogP contribution in [0.3, 0.4) is 0 Å². The van der Waals surface area contributed by atoms with E-state index in [0.29, 0.717) is 0 Å². The lowest BCUT2D eigenvalue weighted by atomic mass is 10.0. The van der Waals surface area contributed by atoms with Crippen molar-refractivity contribution in [2.45, 2.75) is 38.3 Å². The maximum absolute atomic E-state index is 3.94. The molecule has 0 spiro atoms. The summed E-state index contributed by atoms with van der Waals surface area (Å²) in [4.78, 5) is 0. The van der Waals surface area contributed by atoms with Gasteiger partial charge >= 0.3 is 0 Å². The van der Waals surface area contributed by atoms with Gasteiger partial charge in [0.15, 0.2) is 0 Å². The first-order valence-electron chi connectivity index (χ1n) is 8.98. The summed E-state index contributed by atoms with van der Waals surface area (Å²) in [7, 11) is 0.731. The molecule has 0 aromatic carbocycles. The molecule has 0 saturated carbocycles. The van der Waals surface area contributed by atoms with Crippen LogP contribution >= 0.6 is 16.5 Å². The Morgan fingerprint density at radius 2 is 2.21 bits per heavy atom. The Morgan fingerprint density at radius 3 is 2.88 bits per heavy atom. The van der Waals surface area contributed by atoms with Gasteiger partial charge in [-0.15, -0.1) is 0 Å². The Balaban J connectivity index is 2.10. The van der Waals surface area contributed by atoms with E-state index in [1.54, 1.807) is 10.9 Å². The van der Waals surface area contributed by atoms with Crippen LogP contribution in [0, 0.1) is 0 Å². The van der Waals surface area contributed by atoms with Gasteiger partial charge in [0, 0.05) is 5.66 Å². The fourth-order valence-electron chi connectivity index (χ4n) is 3.27. The molecular weight excluding hydrogens is 326 g/mol. The van der Waals surface area contributed by atoms with Crippen LogP contribution in [0.4, 0.5) is 0 Å². The van der Waals surface area contributed by atoms with Crippen molar-refractivity contribution >= 4 is 16.5 Å². The zero-order valence-corrected chi connectivity index (χ0v) is 16.8. The van der Waals surface area contributed by atoms with Gasteiger partial charge in [-0.3, -0.25) is 0 Å². The van der Waals surface area contributed by atoms with Crippen molar-refractivity contribution < 1.29 is 0 Å². The van der Waals surface area contributed by atoms with E-state index < -0.39 is 0 Å². The molecule has 2 unspecified atom stereocenters. The van der Waals surface area contributed by atoms with Crippen molar-refractivity contribution in [1.29, 1.82) is 0 Å². The highest BCUT2D eigenvalue weighted by Gasteiger charge is 2.26. The van der Waals surface area contributed by atoms with Gasteiger partial charge in [-0.05, 0) is 48.6 Å². The van der Waals surface area contributed by atoms with Crippen molar-refractivity contribution in [3.05, 3.63) is 84.0 Å². The molecule has 2 aliphatic rings. The maximum Gasteiger partial charge on any atom is 0.00783 e. The average Bonchev–Trinajstić information content (AvgIpc) is 2.65. The van der Waals surface area contributed by atoms with Crippen LogP contribution in [0.5, 0.6) is 0 Å². The molecule has 0 fully saturated rings. The summed E-state index contributed by atoms with van der Waals surface area (Å²) < 4.78 is 0. The first-order chi connectivity index (χ1) is 11.8. The minimum Gasteiger partial charge on any atom is -0.0990 e. The maximum atomic E-state index is 3.94. The van der Waals surface area contributed by atoms with Crippen LogP contribution < -0.4 is 0 Å². The third kappa shape index (κ3) is 5.54. The van der Waals surface area contributed by atoms with Crippen LogP contribution in [-0.2, 0) is 0 Å². The molecule has 0 aromatic rings. The molecule has 2 rings (SSSR count). The molecule has 0 nitrogen and oxygen atoms in total. The Labute approximate surface area is 151 Å². The summed E-state index contributed by atoms with van der Waals surface area (Å²) in [5.41, 5.74) is 2.39. The van der Waals surface area contributed by atoms with Gasteiger partial charge < -0.3 is 0 Å². The van der Waals surface area contributed by atoms with Gasteiger partial charge in [0.05, 0.1) is 0 Å². The van der Waals surface area contributed by atoms with E-state index >= 15 is 0 Å². The molecule has 0 bridgehead atoms. The van der Waals surface area contributed by atoms with Crippen molar-refractivity contribution in [2.75, 3.05) is 12.3 Å². The molecule has 0 radical (unpaired) electrons. The molecule has 0 saturated heterocycles. The monoisotopic (exact) mass is 356 g/mol. The van der Waals surface area contributed by atoms with Gasteiger partial charge in [0.25, 0.3) is 0 Å². The highest BCUT2D eigenvalue weighted by atomic mass is 31.1. The Hall–Kier alpha value is -0.960. The topological polar surface area (TPSA) is 0 Å². The highest BCUT2D eigenvalue weighted by molar-refractivity contribution is 7.64. The second-order valence-electron chi connectivity index (χ2n) is 6.07. The van der Waals surface area contributed by atoms with Crippen LogP contribution in [-0.4, -0.2) is 18.0 Å². The van der Waals surface area contributed by atoms with Crippen molar-refractivity contribution in [2.24, 2.45) is 0 Å². The summed E-state index contributed by atoms with van der Waals surface area (Å²) in [6, 6.07) is 0. The van der Waals surface area contributed by atoms with Crippen molar-refractivity contribution in [3.8, 4) is 0 Å². The molecular formula is C22H30P2. The van der Waals surface area contributed by atoms with Crippen molar-refractivity contribution in [3.63, 3.8) is 0 Å². The summed E-state index contributed by atoms with van der Waals surface area (Å²) in [5.74, 6) is 0. The second-order valence-corrected chi connectivity index (χ2v) is 10.0. The van der Waals surface area contributed by atoms with E-state index in [9.17, 15) is 0 Å². The van der Waals surface area contributed by atoms with Gasteiger partial charge in [0.1, 0.15) is 0 Å². The third-order valence-corrected chi connectivity index (χ3v) is 9.22. The zero-order chi connectivity index (χ0) is 17.2. The predicted octanol–water partition coefficient (Wildman–Crippen LogP) is 7.30. The summed E-state index contributed by atoms with van der Waals surface area (Å²) in [6.45, 7) is 10.1. The molecule has 2 heteroatoms. The summed E-state index contributed by atoms with van der Waals surface area (Å²) in [5, 5.41) is 2.97. The van der Waals surface area contributed by atoms with Gasteiger partial charge in [0.2, 0.25) is 0 Å². The molecule has 0 aliphatic heterocycles. The molecule has 2 aliphatic carbocycles. The number of rotatable bonds is 9. The Bertz CT molecular complexity index is 587. The van der Waals surface area contributed by atoms with Crippen LogP contribution in [0.25, 0.3) is 0 Å². The average molecular weight is 356 g/mol. The number of hydrogen-bond acceptors (Lipinski definition) is 0. The lowest BCUT2D eigenvalue weighted by Crippen LogP contribution is -2.14. The van der Waals surface area contributed by atoms with Crippen LogP contribution in [0.2, 0.25) is 0 Å². The van der Waals surface area contributed by atoms with Gasteiger partial charge in [-0.1, -0.05) is 96.8 Å². The van der Waals surface area contributed by atoms with E-state index in [0.717, 1.165) is 14.2 Å². The van der Waals surface area contributed by atoms with E-state index in [1.165, 1.54) is 43.3 Å². The fourth-order valence-corrected chi connectivity index (χ4v) is 7.98. The highest BCUT2D eigenvalue weighted by Crippen LogP contribution is 2.56. The number of allylic oxidation sites excluding steroid dienone is 12. The van der Waals surface area contributed by atoms with Crippen LogP contribution in [0.15, 0.2) is 84.0 Å². The third-order valence-electron chi connectivity index (χ3n) is 4.52. The molecule has 0 amide bonds. The fraction of sp³-hybridized carbons (Fsp3) is 0.364. The molecule has 128 valence electrons. The first kappa shape index (κ1) is 19.4. The quantitative estimate of drug-likeness (QED) is 0.300. The molecule has 0 N–H and O–H groups in total. The van der Waals surface area contributed by atoms with E-state index in [1.807, 2.05) is 12.2 Å². The summed E-state index contributed by atoms with van der Waals surface area (Å²) in [6.07, 6.45) is 27.7. The smallest absolute Gasteiger partial charge is 0.00783 e. The number of hydrogen-bond donors (Lipinski definition) is 0. The SMILES string of the molecule is C=C/C=C(\C=C)PCC[P@@](C1=CCCC=C1)C1CC=CC=C1CC. The van der Waals surface area contributed by atoms with E-state index in [4.69, 9.17) is 0 Å². The van der Waals surface area contributed by atoms with Gasteiger partial charge in [-0.2, -0.15) is 0 Å². The minimum atomic E-state index is -0.113. The van der Waals surface area contributed by atoms with E-state index in [2.05, 4.69) is 62.6 Å². The van der Waals surface area contributed by atoms with Crippen molar-refractivity contribution in [1.82, 2.24) is 0 Å². The molecule has 0 aromatic heterocycles. The molecule has 3 atom stereocenters. The normalized spacial score (nSPS) is 22.4. The standard InChI is InChI=1S/C22H30P2/c1-4-12-20(6-3)23-17-18-24(21-14-8-7-9-15-21)22-16-11-10-13-19(22)5-2/h4,6,8,10-15,22-23H,1,3,5,7,9,16-18H2,2H3/b20-12+/t22?,24-/m0/s1. The molecule has 0 heterocycles. The Kier molecular flexibility index (Phi) is 8.72. The predicted molar refractivity (Wildman–Crippen MR) is 116 cm³/mol. The lowest BCUT2D eigenvalue weighted by Gasteiger charge is -2.32. The second kappa shape index (κ2) is 10.8. The summed E-state index contributed by atoms with van der Waals surface area (Å²) >= 11 is 0. The minimum absolute atomic E-state index is 0.113. The van der Waals surface area contributed by atoms with Gasteiger partial charge in [-0.25, -0.2) is 0 Å². The van der Waals surface area contributed by atoms with E-state index in [-0.39, 0.29) is 7.92 Å². The zero-order valence-electron chi connectivity index (χ0n) is 14.9. The Morgan fingerprint density at radius 1 is 1.33 bits per heavy atom.